The third kappa shape index (κ3) is 1.89. The molecule has 0 saturated heterocycles. The fraction of sp³-hybridized carbons (Fsp3) is 0.583. The molecule has 2 unspecified atom stereocenters. The van der Waals surface area contributed by atoms with Crippen LogP contribution in [0.5, 0.6) is 0 Å². The Bertz CT molecular complexity index is 402. The summed E-state index contributed by atoms with van der Waals surface area (Å²) in [5.74, 6) is 1.15. The van der Waals surface area contributed by atoms with Crippen LogP contribution in [-0.2, 0) is 0 Å². The molecule has 2 heteroatoms. The van der Waals surface area contributed by atoms with Crippen LogP contribution in [0.1, 0.15) is 33.4 Å². The molecule has 78 valence electrons. The molecular formula is C12H19NO. The van der Waals surface area contributed by atoms with Crippen molar-refractivity contribution < 1.29 is 4.52 Å². The standard InChI is InChI=1S/C10H13NO.C2H6/c1-6-4-9-8(3)11-12-10(9)5-7(6)2;1-2/h4-7H,1-3H3;1-2H3. The molecule has 1 aliphatic carbocycles. The van der Waals surface area contributed by atoms with E-state index in [4.69, 9.17) is 4.52 Å². The minimum Gasteiger partial charge on any atom is -0.356 e. The SMILES string of the molecule is CC.Cc1noc2c1=CC(C)C(C)C=2. The molecule has 0 bridgehead atoms. The molecule has 2 nitrogen and oxygen atoms in total. The Hall–Kier alpha value is -1.05. The second kappa shape index (κ2) is 4.45. The van der Waals surface area contributed by atoms with Crippen molar-refractivity contribution in [2.45, 2.75) is 34.6 Å². The van der Waals surface area contributed by atoms with E-state index in [-0.39, 0.29) is 0 Å². The van der Waals surface area contributed by atoms with Crippen molar-refractivity contribution in [2.75, 3.05) is 0 Å². The van der Waals surface area contributed by atoms with Crippen LogP contribution in [0.2, 0.25) is 0 Å². The van der Waals surface area contributed by atoms with Crippen molar-refractivity contribution in [3.63, 3.8) is 0 Å². The van der Waals surface area contributed by atoms with Gasteiger partial charge in [-0.1, -0.05) is 38.9 Å². The molecule has 0 radical (unpaired) electrons. The summed E-state index contributed by atoms with van der Waals surface area (Å²) in [6.07, 6.45) is 4.39. The Morgan fingerprint density at radius 2 is 1.71 bits per heavy atom. The van der Waals surface area contributed by atoms with Crippen molar-refractivity contribution in [1.82, 2.24) is 5.16 Å². The molecule has 14 heavy (non-hydrogen) atoms. The number of aryl methyl sites for hydroxylation is 1. The summed E-state index contributed by atoms with van der Waals surface area (Å²) >= 11 is 0. The summed E-state index contributed by atoms with van der Waals surface area (Å²) in [4.78, 5) is 0. The second-order valence-corrected chi connectivity index (χ2v) is 3.60. The van der Waals surface area contributed by atoms with Gasteiger partial charge in [0.05, 0.1) is 5.69 Å². The van der Waals surface area contributed by atoms with E-state index in [2.05, 4.69) is 31.2 Å². The summed E-state index contributed by atoms with van der Waals surface area (Å²) in [5, 5.41) is 5.11. The van der Waals surface area contributed by atoms with Crippen molar-refractivity contribution in [3.05, 3.63) is 16.3 Å². The zero-order chi connectivity index (χ0) is 10.7. The highest BCUT2D eigenvalue weighted by molar-refractivity contribution is 5.40. The number of aromatic nitrogens is 1. The quantitative estimate of drug-likeness (QED) is 0.628. The smallest absolute Gasteiger partial charge is 0.163 e. The maximum absolute atomic E-state index is 5.17. The number of nitrogens with zero attached hydrogens (tertiary/aromatic N) is 1. The highest BCUT2D eigenvalue weighted by Gasteiger charge is 2.13. The van der Waals surface area contributed by atoms with Crippen LogP contribution >= 0.6 is 0 Å². The molecule has 2 atom stereocenters. The Morgan fingerprint density at radius 1 is 1.14 bits per heavy atom. The van der Waals surface area contributed by atoms with Gasteiger partial charge in [-0.05, 0) is 24.8 Å². The van der Waals surface area contributed by atoms with Crippen LogP contribution in [0.25, 0.3) is 12.2 Å². The summed E-state index contributed by atoms with van der Waals surface area (Å²) in [5.41, 5.74) is 1.94. The first-order chi connectivity index (χ1) is 6.68. The Labute approximate surface area is 85.3 Å². The zero-order valence-corrected chi connectivity index (χ0v) is 9.66. The van der Waals surface area contributed by atoms with Crippen LogP contribution in [0.15, 0.2) is 4.52 Å². The number of rotatable bonds is 0. The van der Waals surface area contributed by atoms with Gasteiger partial charge in [-0.2, -0.15) is 0 Å². The van der Waals surface area contributed by atoms with Gasteiger partial charge >= 0.3 is 0 Å². The zero-order valence-electron chi connectivity index (χ0n) is 9.66. The first kappa shape index (κ1) is 11.0. The number of hydrogen-bond donors (Lipinski definition) is 0. The van der Waals surface area contributed by atoms with E-state index < -0.39 is 0 Å². The monoisotopic (exact) mass is 193 g/mol. The van der Waals surface area contributed by atoms with Crippen molar-refractivity contribution in [1.29, 1.82) is 0 Å². The molecule has 0 N–H and O–H groups in total. The molecular weight excluding hydrogens is 174 g/mol. The van der Waals surface area contributed by atoms with Gasteiger partial charge in [0.1, 0.15) is 0 Å². The van der Waals surface area contributed by atoms with Crippen LogP contribution in [-0.4, -0.2) is 5.16 Å². The minimum atomic E-state index is 0.560. The lowest BCUT2D eigenvalue weighted by Crippen LogP contribution is -2.29. The van der Waals surface area contributed by atoms with Crippen LogP contribution < -0.4 is 10.6 Å². The van der Waals surface area contributed by atoms with Gasteiger partial charge in [-0.25, -0.2) is 0 Å². The number of fused-ring (bicyclic) bond motifs is 1. The average Bonchev–Trinajstić information content (AvgIpc) is 2.53. The normalized spacial score (nSPS) is 23.8. The fourth-order valence-corrected chi connectivity index (χ4v) is 1.52. The van der Waals surface area contributed by atoms with E-state index in [1.54, 1.807) is 0 Å². The lowest BCUT2D eigenvalue weighted by Gasteiger charge is -2.13. The van der Waals surface area contributed by atoms with E-state index in [0.717, 1.165) is 11.1 Å². The van der Waals surface area contributed by atoms with Gasteiger partial charge in [0.25, 0.3) is 0 Å². The molecule has 1 aliphatic rings. The van der Waals surface area contributed by atoms with Gasteiger partial charge in [0.2, 0.25) is 0 Å². The molecule has 1 aromatic rings. The lowest BCUT2D eigenvalue weighted by atomic mass is 9.91. The molecule has 2 rings (SSSR count). The molecule has 0 aromatic carbocycles. The van der Waals surface area contributed by atoms with E-state index >= 15 is 0 Å². The first-order valence-corrected chi connectivity index (χ1v) is 5.34. The minimum absolute atomic E-state index is 0.560. The second-order valence-electron chi connectivity index (χ2n) is 3.60. The summed E-state index contributed by atoms with van der Waals surface area (Å²) in [7, 11) is 0. The number of hydrogen-bond acceptors (Lipinski definition) is 2. The fourth-order valence-electron chi connectivity index (χ4n) is 1.52. The molecule has 0 spiro atoms. The van der Waals surface area contributed by atoms with E-state index in [1.165, 1.54) is 5.22 Å². The predicted molar refractivity (Wildman–Crippen MR) is 59.1 cm³/mol. The van der Waals surface area contributed by atoms with Gasteiger partial charge in [0.15, 0.2) is 5.42 Å². The van der Waals surface area contributed by atoms with E-state index in [1.807, 2.05) is 20.8 Å². The van der Waals surface area contributed by atoms with Crippen LogP contribution in [0.3, 0.4) is 0 Å². The topological polar surface area (TPSA) is 26.0 Å². The van der Waals surface area contributed by atoms with E-state index in [0.29, 0.717) is 11.8 Å². The summed E-state index contributed by atoms with van der Waals surface area (Å²) in [6.45, 7) is 10.4. The van der Waals surface area contributed by atoms with E-state index in [9.17, 15) is 0 Å². The lowest BCUT2D eigenvalue weighted by molar-refractivity contribution is 0.385. The highest BCUT2D eigenvalue weighted by atomic mass is 16.5. The Kier molecular flexibility index (Phi) is 3.50. The largest absolute Gasteiger partial charge is 0.356 e. The Morgan fingerprint density at radius 3 is 2.36 bits per heavy atom. The molecule has 0 fully saturated rings. The average molecular weight is 193 g/mol. The van der Waals surface area contributed by atoms with Crippen LogP contribution in [0.4, 0.5) is 0 Å². The third-order valence-electron chi connectivity index (χ3n) is 2.61. The van der Waals surface area contributed by atoms with Gasteiger partial charge in [-0.15, -0.1) is 0 Å². The van der Waals surface area contributed by atoms with Gasteiger partial charge in [0, 0.05) is 5.22 Å². The summed E-state index contributed by atoms with van der Waals surface area (Å²) < 4.78 is 5.17. The molecule has 0 aliphatic heterocycles. The maximum atomic E-state index is 5.17. The molecule has 0 saturated carbocycles. The summed E-state index contributed by atoms with van der Waals surface area (Å²) in [6, 6.07) is 0. The maximum Gasteiger partial charge on any atom is 0.163 e. The molecule has 1 heterocycles. The van der Waals surface area contributed by atoms with Gasteiger partial charge in [-0.3, -0.25) is 0 Å². The molecule has 0 amide bonds. The van der Waals surface area contributed by atoms with Crippen molar-refractivity contribution in [2.24, 2.45) is 11.8 Å². The van der Waals surface area contributed by atoms with Crippen LogP contribution in [0, 0.1) is 18.8 Å². The van der Waals surface area contributed by atoms with Crippen molar-refractivity contribution >= 4 is 12.2 Å². The Balaban J connectivity index is 0.000000461. The van der Waals surface area contributed by atoms with Gasteiger partial charge < -0.3 is 4.52 Å². The first-order valence-electron chi connectivity index (χ1n) is 5.34. The molecule has 1 aromatic heterocycles. The van der Waals surface area contributed by atoms with Crippen molar-refractivity contribution in [3.8, 4) is 0 Å². The highest BCUT2D eigenvalue weighted by Crippen LogP contribution is 2.15. The third-order valence-corrected chi connectivity index (χ3v) is 2.61. The predicted octanol–water partition coefficient (Wildman–Crippen LogP) is 1.86.